The molecule has 8 aromatic rings. The van der Waals surface area contributed by atoms with E-state index >= 15 is 0 Å². The number of benzene rings is 6. The van der Waals surface area contributed by atoms with E-state index in [4.69, 9.17) is 17.9 Å². The Morgan fingerprint density at radius 2 is 0.877 bits per heavy atom. The molecule has 0 radical (unpaired) electrons. The minimum absolute atomic E-state index is 0.0484. The molecule has 0 saturated heterocycles. The quantitative estimate of drug-likeness (QED) is 0.114. The average molecular weight is 781 g/mol. The van der Waals surface area contributed by atoms with Crippen molar-refractivity contribution in [2.75, 3.05) is 36.0 Å². The zero-order valence-corrected chi connectivity index (χ0v) is 33.0. The summed E-state index contributed by atoms with van der Waals surface area (Å²) in [6.45, 7) is 11.4. The fraction of sp³-hybridized carbons (Fsp3) is 0.174. The second kappa shape index (κ2) is 14.1. The zero-order chi connectivity index (χ0) is 39.6. The van der Waals surface area contributed by atoms with Gasteiger partial charge in [0.25, 0.3) is 0 Å². The number of fused-ring (bicyclic) bond motifs is 9. The minimum atomic E-state index is -5.12. The van der Waals surface area contributed by atoms with Crippen LogP contribution in [0.4, 0.5) is 11.4 Å². The molecule has 0 saturated carbocycles. The molecule has 0 fully saturated rings. The third-order valence-electron chi connectivity index (χ3n) is 11.0. The summed E-state index contributed by atoms with van der Waals surface area (Å²) in [7, 11) is -5.12. The first-order valence-electron chi connectivity index (χ1n) is 19.2. The van der Waals surface area contributed by atoms with Gasteiger partial charge in [-0.15, -0.1) is 0 Å². The van der Waals surface area contributed by atoms with Crippen LogP contribution in [0.5, 0.6) is 11.5 Å². The van der Waals surface area contributed by atoms with Gasteiger partial charge in [0.05, 0.1) is 0 Å². The van der Waals surface area contributed by atoms with Gasteiger partial charge in [-0.25, -0.2) is 0 Å². The average Bonchev–Trinajstić information content (AvgIpc) is 3.34. The molecule has 11 heteroatoms. The maximum absolute atomic E-state index is 14.0. The van der Waals surface area contributed by atoms with Crippen LogP contribution >= 0.6 is 8.17 Å². The standard InChI is InChI=1S/C46H41N2O8P/c1-5-47(6-2)31-19-17-29-23-37(45(49)53-39(29)25-31)35-21-27-13-9-11-15-33(27)41-42-34-16-12-10-14-28(34)22-36(44(42)56-57(51,52)55-43(35)41)38-24-30-18-20-32(48(7-3)8-4)26-40(30)54-46(38)50/h9-26,51-52,57H,5-8H2,1-4H3. The molecule has 0 amide bonds. The van der Waals surface area contributed by atoms with Crippen LogP contribution in [0, 0.1) is 0 Å². The Morgan fingerprint density at radius 1 is 0.491 bits per heavy atom. The van der Waals surface area contributed by atoms with Crippen LogP contribution in [0.3, 0.4) is 0 Å². The summed E-state index contributed by atoms with van der Waals surface area (Å²) in [5.74, 6) is 0.0969. The Kier molecular flexibility index (Phi) is 9.00. The first kappa shape index (κ1) is 36.4. The Labute approximate surface area is 328 Å². The Hall–Kier alpha value is -6.19. The van der Waals surface area contributed by atoms with Crippen molar-refractivity contribution in [2.24, 2.45) is 0 Å². The fourth-order valence-corrected chi connectivity index (χ4v) is 9.20. The van der Waals surface area contributed by atoms with Gasteiger partial charge in [0, 0.05) is 0 Å². The molecule has 0 aliphatic carbocycles. The summed E-state index contributed by atoms with van der Waals surface area (Å²) < 4.78 is 24.4. The van der Waals surface area contributed by atoms with Crippen molar-refractivity contribution in [1.82, 2.24) is 0 Å². The second-order valence-corrected chi connectivity index (χ2v) is 15.6. The molecule has 3 heterocycles. The predicted octanol–water partition coefficient (Wildman–Crippen LogP) is 10.1. The van der Waals surface area contributed by atoms with E-state index in [-0.39, 0.29) is 22.6 Å². The Balaban J connectivity index is 1.34. The summed E-state index contributed by atoms with van der Waals surface area (Å²) in [5, 5.41) is 4.29. The topological polar surface area (TPSA) is 126 Å². The number of nitrogens with zero attached hydrogens (tertiary/aromatic N) is 2. The molecule has 2 N–H and O–H groups in total. The van der Waals surface area contributed by atoms with E-state index in [0.29, 0.717) is 55.0 Å². The van der Waals surface area contributed by atoms with Crippen LogP contribution in [-0.4, -0.2) is 36.0 Å². The number of rotatable bonds is 8. The fourth-order valence-electron chi connectivity index (χ4n) is 8.20. The van der Waals surface area contributed by atoms with Gasteiger partial charge in [0.2, 0.25) is 0 Å². The summed E-state index contributed by atoms with van der Waals surface area (Å²) in [5.41, 5.74) is 3.37. The van der Waals surface area contributed by atoms with Crippen molar-refractivity contribution in [3.63, 3.8) is 0 Å². The molecule has 0 spiro atoms. The molecule has 2 aromatic heterocycles. The van der Waals surface area contributed by atoms with Crippen molar-refractivity contribution in [3.8, 4) is 44.9 Å². The van der Waals surface area contributed by atoms with E-state index in [1.165, 1.54) is 0 Å². The van der Waals surface area contributed by atoms with E-state index in [1.807, 2.05) is 84.9 Å². The normalized spacial score (nSPS) is 13.8. The van der Waals surface area contributed by atoms with E-state index in [9.17, 15) is 19.4 Å². The van der Waals surface area contributed by atoms with Gasteiger partial charge in [0.15, 0.2) is 0 Å². The van der Waals surface area contributed by atoms with Crippen molar-refractivity contribution in [2.45, 2.75) is 27.7 Å². The summed E-state index contributed by atoms with van der Waals surface area (Å²) >= 11 is 0. The van der Waals surface area contributed by atoms with E-state index in [2.05, 4.69) is 37.5 Å². The maximum atomic E-state index is 14.0. The van der Waals surface area contributed by atoms with Crippen LogP contribution in [0.15, 0.2) is 128 Å². The van der Waals surface area contributed by atoms with Crippen LogP contribution in [0.1, 0.15) is 27.7 Å². The molecule has 6 aromatic carbocycles. The van der Waals surface area contributed by atoms with Gasteiger partial charge in [0.1, 0.15) is 0 Å². The van der Waals surface area contributed by atoms with Crippen molar-refractivity contribution >= 4 is 63.0 Å². The summed E-state index contributed by atoms with van der Waals surface area (Å²) in [4.78, 5) is 55.8. The van der Waals surface area contributed by atoms with Gasteiger partial charge in [-0.3, -0.25) is 0 Å². The van der Waals surface area contributed by atoms with Crippen LogP contribution in [-0.2, 0) is 0 Å². The molecule has 1 aliphatic rings. The molecule has 57 heavy (non-hydrogen) atoms. The van der Waals surface area contributed by atoms with Crippen LogP contribution in [0.2, 0.25) is 0 Å². The van der Waals surface area contributed by atoms with Gasteiger partial charge in [-0.1, -0.05) is 0 Å². The number of hydrogen-bond donors (Lipinski definition) is 2. The van der Waals surface area contributed by atoms with Crippen molar-refractivity contribution < 1.29 is 27.7 Å². The molecule has 9 rings (SSSR count). The third kappa shape index (κ3) is 6.17. The number of anilines is 2. The summed E-state index contributed by atoms with van der Waals surface area (Å²) in [6.07, 6.45) is 0. The molecule has 0 bridgehead atoms. The number of hydrogen-bond acceptors (Lipinski definition) is 10. The molecular weight excluding hydrogens is 739 g/mol. The first-order chi connectivity index (χ1) is 27.6. The molecule has 288 valence electrons. The van der Waals surface area contributed by atoms with Gasteiger partial charge in [-0.05, 0) is 0 Å². The Morgan fingerprint density at radius 3 is 1.28 bits per heavy atom. The molecule has 0 atom stereocenters. The predicted molar refractivity (Wildman–Crippen MR) is 231 cm³/mol. The van der Waals surface area contributed by atoms with Crippen LogP contribution in [0.25, 0.3) is 76.9 Å². The SMILES string of the molecule is CCN(CC)c1ccc2cc(-c3cc4ccccc4c4c3O[PH](O)(O)Oc3c(-c5cc6ccc(N(CC)CC)cc6oc5=O)cc5ccccc5c3-4)c(=O)oc2c1. The monoisotopic (exact) mass is 780 g/mol. The second-order valence-electron chi connectivity index (χ2n) is 14.1. The third-order valence-corrected chi connectivity index (χ3v) is 11.9. The van der Waals surface area contributed by atoms with Gasteiger partial charge < -0.3 is 0 Å². The van der Waals surface area contributed by atoms with Gasteiger partial charge in [-0.2, -0.15) is 0 Å². The molecule has 10 nitrogen and oxygen atoms in total. The zero-order valence-electron chi connectivity index (χ0n) is 32.0. The van der Waals surface area contributed by atoms with Crippen LogP contribution < -0.4 is 30.1 Å². The molecule has 1 aliphatic heterocycles. The van der Waals surface area contributed by atoms with E-state index in [0.717, 1.165) is 48.3 Å². The first-order valence-corrected chi connectivity index (χ1v) is 20.9. The van der Waals surface area contributed by atoms with Crippen molar-refractivity contribution in [1.29, 1.82) is 0 Å². The van der Waals surface area contributed by atoms with E-state index in [1.54, 1.807) is 24.3 Å². The van der Waals surface area contributed by atoms with Crippen molar-refractivity contribution in [3.05, 3.63) is 130 Å². The summed E-state index contributed by atoms with van der Waals surface area (Å²) in [6, 6.07) is 33.8. The Bertz CT molecular complexity index is 2820. The van der Waals surface area contributed by atoms with Gasteiger partial charge >= 0.3 is 329 Å². The molecular formula is C46H41N2O8P. The molecule has 0 unspecified atom stereocenters. The van der Waals surface area contributed by atoms with E-state index < -0.39 is 19.4 Å².